The molecule has 0 bridgehead atoms. The fourth-order valence-corrected chi connectivity index (χ4v) is 1.46. The first-order chi connectivity index (χ1) is 5.27. The van der Waals surface area contributed by atoms with Crippen molar-refractivity contribution in [1.29, 1.82) is 0 Å². The highest BCUT2D eigenvalue weighted by molar-refractivity contribution is 4.77. The van der Waals surface area contributed by atoms with Crippen molar-refractivity contribution >= 4 is 0 Å². The maximum Gasteiger partial charge on any atom is 0.00972 e. The minimum Gasteiger partial charge on any atom is -0.326 e. The van der Waals surface area contributed by atoms with E-state index < -0.39 is 0 Å². The average molecular weight is 171 g/mol. The van der Waals surface area contributed by atoms with Gasteiger partial charge in [-0.2, -0.15) is 0 Å². The molecular weight excluding hydrogens is 146 g/mol. The van der Waals surface area contributed by atoms with Gasteiger partial charge in [-0.05, 0) is 38.5 Å². The van der Waals surface area contributed by atoms with Crippen molar-refractivity contribution in [2.45, 2.75) is 65.8 Å². The standard InChI is InChI=1S/C11H25N/c1-6-7-10(2,3)8-9-11(4,5)12/h6-9,12H2,1-5H3. The Morgan fingerprint density at radius 3 is 1.75 bits per heavy atom. The van der Waals surface area contributed by atoms with Gasteiger partial charge in [-0.15, -0.1) is 0 Å². The van der Waals surface area contributed by atoms with Gasteiger partial charge >= 0.3 is 0 Å². The van der Waals surface area contributed by atoms with Crippen molar-refractivity contribution in [2.75, 3.05) is 0 Å². The van der Waals surface area contributed by atoms with Crippen LogP contribution in [0.25, 0.3) is 0 Å². The molecule has 0 aliphatic heterocycles. The minimum atomic E-state index is 0.00497. The molecule has 0 atom stereocenters. The van der Waals surface area contributed by atoms with E-state index in [1.165, 1.54) is 19.3 Å². The molecule has 0 unspecified atom stereocenters. The smallest absolute Gasteiger partial charge is 0.00972 e. The summed E-state index contributed by atoms with van der Waals surface area (Å²) in [5, 5.41) is 0. The van der Waals surface area contributed by atoms with Crippen molar-refractivity contribution in [3.8, 4) is 0 Å². The number of rotatable bonds is 5. The summed E-state index contributed by atoms with van der Waals surface area (Å²) in [7, 11) is 0. The van der Waals surface area contributed by atoms with Gasteiger partial charge in [-0.25, -0.2) is 0 Å². The lowest BCUT2D eigenvalue weighted by Crippen LogP contribution is -2.33. The van der Waals surface area contributed by atoms with Gasteiger partial charge in [-0.1, -0.05) is 27.2 Å². The third-order valence-electron chi connectivity index (χ3n) is 2.37. The second kappa shape index (κ2) is 4.27. The first-order valence-corrected chi connectivity index (χ1v) is 5.06. The second-order valence-corrected chi connectivity index (χ2v) is 5.40. The first kappa shape index (κ1) is 12.0. The number of hydrogen-bond donors (Lipinski definition) is 1. The quantitative estimate of drug-likeness (QED) is 0.674. The molecule has 2 N–H and O–H groups in total. The van der Waals surface area contributed by atoms with Gasteiger partial charge in [0.25, 0.3) is 0 Å². The molecule has 0 saturated heterocycles. The Kier molecular flexibility index (Phi) is 4.25. The molecule has 74 valence electrons. The predicted molar refractivity (Wildman–Crippen MR) is 56.2 cm³/mol. The number of nitrogens with two attached hydrogens (primary N) is 1. The monoisotopic (exact) mass is 171 g/mol. The Hall–Kier alpha value is -0.0400. The summed E-state index contributed by atoms with van der Waals surface area (Å²) in [6, 6.07) is 0. The van der Waals surface area contributed by atoms with Gasteiger partial charge in [0.05, 0.1) is 0 Å². The van der Waals surface area contributed by atoms with Crippen LogP contribution in [0.5, 0.6) is 0 Å². The summed E-state index contributed by atoms with van der Waals surface area (Å²) >= 11 is 0. The van der Waals surface area contributed by atoms with Crippen molar-refractivity contribution in [3.63, 3.8) is 0 Å². The lowest BCUT2D eigenvalue weighted by Gasteiger charge is -2.28. The van der Waals surface area contributed by atoms with Gasteiger partial charge in [0.1, 0.15) is 0 Å². The highest BCUT2D eigenvalue weighted by atomic mass is 14.7. The first-order valence-electron chi connectivity index (χ1n) is 5.06. The fraction of sp³-hybridized carbons (Fsp3) is 1.00. The van der Waals surface area contributed by atoms with Crippen LogP contribution in [-0.2, 0) is 0 Å². The van der Waals surface area contributed by atoms with Crippen LogP contribution in [0.4, 0.5) is 0 Å². The number of hydrogen-bond acceptors (Lipinski definition) is 1. The van der Waals surface area contributed by atoms with E-state index in [2.05, 4.69) is 34.6 Å². The average Bonchev–Trinajstić information content (AvgIpc) is 1.83. The molecule has 0 aliphatic rings. The van der Waals surface area contributed by atoms with Gasteiger partial charge in [-0.3, -0.25) is 0 Å². The van der Waals surface area contributed by atoms with Crippen LogP contribution in [-0.4, -0.2) is 5.54 Å². The van der Waals surface area contributed by atoms with Gasteiger partial charge in [0, 0.05) is 5.54 Å². The molecule has 0 spiro atoms. The summed E-state index contributed by atoms with van der Waals surface area (Å²) in [5.74, 6) is 0. The topological polar surface area (TPSA) is 26.0 Å². The minimum absolute atomic E-state index is 0.00497. The molecule has 1 heteroatoms. The fourth-order valence-electron chi connectivity index (χ4n) is 1.46. The summed E-state index contributed by atoms with van der Waals surface area (Å²) in [4.78, 5) is 0. The predicted octanol–water partition coefficient (Wildman–Crippen LogP) is 3.33. The Morgan fingerprint density at radius 1 is 0.917 bits per heavy atom. The van der Waals surface area contributed by atoms with Crippen molar-refractivity contribution in [3.05, 3.63) is 0 Å². The van der Waals surface area contributed by atoms with Crippen molar-refractivity contribution in [2.24, 2.45) is 11.1 Å². The summed E-state index contributed by atoms with van der Waals surface area (Å²) in [6.07, 6.45) is 4.95. The maximum absolute atomic E-state index is 5.94. The summed E-state index contributed by atoms with van der Waals surface area (Å²) in [6.45, 7) is 11.1. The van der Waals surface area contributed by atoms with E-state index in [1.807, 2.05) is 0 Å². The van der Waals surface area contributed by atoms with E-state index in [0.717, 1.165) is 6.42 Å². The molecule has 0 aliphatic carbocycles. The Labute approximate surface area is 77.7 Å². The van der Waals surface area contributed by atoms with Crippen LogP contribution >= 0.6 is 0 Å². The van der Waals surface area contributed by atoms with Crippen molar-refractivity contribution < 1.29 is 0 Å². The van der Waals surface area contributed by atoms with Gasteiger partial charge in [0.2, 0.25) is 0 Å². The summed E-state index contributed by atoms with van der Waals surface area (Å²) in [5.41, 5.74) is 6.42. The van der Waals surface area contributed by atoms with E-state index in [4.69, 9.17) is 5.73 Å². The highest BCUT2D eigenvalue weighted by Gasteiger charge is 2.20. The molecule has 0 aromatic carbocycles. The molecule has 12 heavy (non-hydrogen) atoms. The van der Waals surface area contributed by atoms with E-state index in [0.29, 0.717) is 5.41 Å². The van der Waals surface area contributed by atoms with Crippen LogP contribution in [0.3, 0.4) is 0 Å². The zero-order chi connectivity index (χ0) is 9.83. The van der Waals surface area contributed by atoms with Crippen LogP contribution < -0.4 is 5.73 Å². The van der Waals surface area contributed by atoms with Gasteiger partial charge < -0.3 is 5.73 Å². The van der Waals surface area contributed by atoms with Crippen LogP contribution in [0.15, 0.2) is 0 Å². The lowest BCUT2D eigenvalue weighted by atomic mass is 9.80. The molecule has 0 fully saturated rings. The Balaban J connectivity index is 3.75. The van der Waals surface area contributed by atoms with E-state index in [-0.39, 0.29) is 5.54 Å². The molecule has 0 aromatic rings. The molecule has 0 rings (SSSR count). The third-order valence-corrected chi connectivity index (χ3v) is 2.37. The van der Waals surface area contributed by atoms with Crippen LogP contribution in [0.1, 0.15) is 60.3 Å². The summed E-state index contributed by atoms with van der Waals surface area (Å²) < 4.78 is 0. The normalized spacial score (nSPS) is 13.5. The van der Waals surface area contributed by atoms with Crippen molar-refractivity contribution in [1.82, 2.24) is 0 Å². The SMILES string of the molecule is CCCC(C)(C)CCC(C)(C)N. The Morgan fingerprint density at radius 2 is 1.42 bits per heavy atom. The molecule has 1 nitrogen and oxygen atoms in total. The van der Waals surface area contributed by atoms with E-state index in [1.54, 1.807) is 0 Å². The zero-order valence-electron chi connectivity index (χ0n) is 9.41. The van der Waals surface area contributed by atoms with E-state index in [9.17, 15) is 0 Å². The maximum atomic E-state index is 5.94. The molecule has 0 radical (unpaired) electrons. The molecule has 0 aromatic heterocycles. The highest BCUT2D eigenvalue weighted by Crippen LogP contribution is 2.30. The zero-order valence-corrected chi connectivity index (χ0v) is 9.41. The van der Waals surface area contributed by atoms with Crippen LogP contribution in [0, 0.1) is 5.41 Å². The van der Waals surface area contributed by atoms with E-state index >= 15 is 0 Å². The lowest BCUT2D eigenvalue weighted by molar-refractivity contribution is 0.266. The van der Waals surface area contributed by atoms with Gasteiger partial charge in [0.15, 0.2) is 0 Å². The Bertz CT molecular complexity index is 119. The second-order valence-electron chi connectivity index (χ2n) is 5.40. The molecule has 0 saturated carbocycles. The van der Waals surface area contributed by atoms with Crippen LogP contribution in [0.2, 0.25) is 0 Å². The molecule has 0 amide bonds. The molecule has 0 heterocycles. The largest absolute Gasteiger partial charge is 0.326 e. The third kappa shape index (κ3) is 6.66. The molecular formula is C11H25N.